The van der Waals surface area contributed by atoms with Crippen LogP contribution >= 0.6 is 23.2 Å². The molecule has 1 aromatic carbocycles. The van der Waals surface area contributed by atoms with Crippen LogP contribution in [0.4, 0.5) is 0 Å². The van der Waals surface area contributed by atoms with Crippen molar-refractivity contribution < 1.29 is 0 Å². The highest BCUT2D eigenvalue weighted by Gasteiger charge is 2.16. The molecule has 3 nitrogen and oxygen atoms in total. The van der Waals surface area contributed by atoms with Crippen molar-refractivity contribution in [3.05, 3.63) is 29.0 Å². The molecule has 21 heavy (non-hydrogen) atoms. The summed E-state index contributed by atoms with van der Waals surface area (Å²) in [4.78, 5) is 7.20. The fourth-order valence-electron chi connectivity index (χ4n) is 3.12. The number of hydrogen-bond donors (Lipinski definition) is 0. The Morgan fingerprint density at radius 1 is 1.24 bits per heavy atom. The molecule has 0 spiro atoms. The molecule has 0 saturated carbocycles. The summed E-state index contributed by atoms with van der Waals surface area (Å²) >= 11 is 12.4. The maximum Gasteiger partial charge on any atom is 0.127 e. The van der Waals surface area contributed by atoms with Crippen LogP contribution in [0, 0.1) is 0 Å². The third-order valence-electron chi connectivity index (χ3n) is 4.15. The van der Waals surface area contributed by atoms with Gasteiger partial charge in [-0.25, -0.2) is 4.98 Å². The van der Waals surface area contributed by atoms with E-state index in [9.17, 15) is 0 Å². The first kappa shape index (κ1) is 15.1. The SMILES string of the molecule is CC(Cl)c1nc2cc(Cl)ccc2n1CCCN1CCCC1. The van der Waals surface area contributed by atoms with Gasteiger partial charge in [0, 0.05) is 11.6 Å². The monoisotopic (exact) mass is 325 g/mol. The van der Waals surface area contributed by atoms with Crippen molar-refractivity contribution >= 4 is 34.2 Å². The highest BCUT2D eigenvalue weighted by molar-refractivity contribution is 6.31. The Balaban J connectivity index is 1.79. The topological polar surface area (TPSA) is 21.1 Å². The average Bonchev–Trinajstić information content (AvgIpc) is 3.06. The van der Waals surface area contributed by atoms with Crippen LogP contribution in [0.2, 0.25) is 5.02 Å². The zero-order chi connectivity index (χ0) is 14.8. The van der Waals surface area contributed by atoms with E-state index in [1.807, 2.05) is 25.1 Å². The maximum absolute atomic E-state index is 6.30. The molecule has 114 valence electrons. The number of hydrogen-bond acceptors (Lipinski definition) is 2. The first-order chi connectivity index (χ1) is 10.1. The van der Waals surface area contributed by atoms with Gasteiger partial charge in [0.05, 0.1) is 16.4 Å². The summed E-state index contributed by atoms with van der Waals surface area (Å²) < 4.78 is 2.25. The number of aryl methyl sites for hydroxylation is 1. The number of fused-ring (bicyclic) bond motifs is 1. The Morgan fingerprint density at radius 2 is 2.00 bits per heavy atom. The van der Waals surface area contributed by atoms with Crippen LogP contribution in [-0.4, -0.2) is 34.1 Å². The first-order valence-electron chi connectivity index (χ1n) is 7.67. The highest BCUT2D eigenvalue weighted by atomic mass is 35.5. The van der Waals surface area contributed by atoms with Gasteiger partial charge in [0.1, 0.15) is 5.82 Å². The molecule has 1 aliphatic heterocycles. The summed E-state index contributed by atoms with van der Waals surface area (Å²) in [6, 6.07) is 5.88. The number of alkyl halides is 1. The zero-order valence-corrected chi connectivity index (χ0v) is 13.9. The molecule has 2 heterocycles. The van der Waals surface area contributed by atoms with Gasteiger partial charge in [-0.15, -0.1) is 11.6 Å². The van der Waals surface area contributed by atoms with Crippen LogP contribution in [0.25, 0.3) is 11.0 Å². The maximum atomic E-state index is 6.30. The minimum absolute atomic E-state index is 0.0945. The van der Waals surface area contributed by atoms with Gasteiger partial charge in [-0.05, 0) is 64.0 Å². The number of rotatable bonds is 5. The molecular formula is C16H21Cl2N3. The molecule has 0 amide bonds. The molecule has 0 aliphatic carbocycles. The zero-order valence-electron chi connectivity index (χ0n) is 12.4. The summed E-state index contributed by atoms with van der Waals surface area (Å²) in [6.07, 6.45) is 3.82. The smallest absolute Gasteiger partial charge is 0.127 e. The van der Waals surface area contributed by atoms with Crippen molar-refractivity contribution in [1.29, 1.82) is 0 Å². The van der Waals surface area contributed by atoms with E-state index in [2.05, 4.69) is 14.5 Å². The van der Waals surface area contributed by atoms with E-state index in [1.165, 1.54) is 25.9 Å². The Morgan fingerprint density at radius 3 is 2.71 bits per heavy atom. The Labute approximate surface area is 135 Å². The molecular weight excluding hydrogens is 305 g/mol. The molecule has 1 saturated heterocycles. The van der Waals surface area contributed by atoms with Crippen LogP contribution in [0.3, 0.4) is 0 Å². The number of benzene rings is 1. The van der Waals surface area contributed by atoms with Crippen molar-refractivity contribution in [2.24, 2.45) is 0 Å². The summed E-state index contributed by atoms with van der Waals surface area (Å²) in [5.41, 5.74) is 2.06. The number of aromatic nitrogens is 2. The van der Waals surface area contributed by atoms with Crippen molar-refractivity contribution in [1.82, 2.24) is 14.5 Å². The number of halogens is 2. The second kappa shape index (κ2) is 6.55. The van der Waals surface area contributed by atoms with Crippen molar-refractivity contribution in [3.63, 3.8) is 0 Å². The molecule has 1 aliphatic rings. The Kier molecular flexibility index (Phi) is 4.72. The van der Waals surface area contributed by atoms with Crippen molar-refractivity contribution in [3.8, 4) is 0 Å². The van der Waals surface area contributed by atoms with Gasteiger partial charge in [-0.1, -0.05) is 11.6 Å². The third kappa shape index (κ3) is 3.36. The van der Waals surface area contributed by atoms with E-state index in [0.717, 1.165) is 41.4 Å². The van der Waals surface area contributed by atoms with Crippen LogP contribution in [0.1, 0.15) is 37.4 Å². The molecule has 5 heteroatoms. The number of likely N-dealkylation sites (tertiary alicyclic amines) is 1. The second-order valence-corrected chi connectivity index (χ2v) is 6.86. The van der Waals surface area contributed by atoms with E-state index < -0.39 is 0 Å². The molecule has 0 bridgehead atoms. The second-order valence-electron chi connectivity index (χ2n) is 5.77. The third-order valence-corrected chi connectivity index (χ3v) is 4.58. The van der Waals surface area contributed by atoms with Crippen LogP contribution < -0.4 is 0 Å². The van der Waals surface area contributed by atoms with E-state index in [4.69, 9.17) is 23.2 Å². The minimum atomic E-state index is -0.0945. The summed E-state index contributed by atoms with van der Waals surface area (Å²) in [7, 11) is 0. The molecule has 1 aromatic heterocycles. The highest BCUT2D eigenvalue weighted by Crippen LogP contribution is 2.26. The lowest BCUT2D eigenvalue weighted by Gasteiger charge is -2.16. The lowest BCUT2D eigenvalue weighted by atomic mass is 10.3. The van der Waals surface area contributed by atoms with E-state index in [-0.39, 0.29) is 5.38 Å². The minimum Gasteiger partial charge on any atom is -0.327 e. The predicted octanol–water partition coefficient (Wildman–Crippen LogP) is 4.48. The Bertz CT molecular complexity index is 615. The lowest BCUT2D eigenvalue weighted by molar-refractivity contribution is 0.325. The van der Waals surface area contributed by atoms with E-state index >= 15 is 0 Å². The molecule has 1 fully saturated rings. The van der Waals surface area contributed by atoms with Crippen LogP contribution in [0.5, 0.6) is 0 Å². The van der Waals surface area contributed by atoms with Gasteiger partial charge in [-0.2, -0.15) is 0 Å². The van der Waals surface area contributed by atoms with Gasteiger partial charge in [0.15, 0.2) is 0 Å². The van der Waals surface area contributed by atoms with E-state index in [1.54, 1.807) is 0 Å². The largest absolute Gasteiger partial charge is 0.327 e. The lowest BCUT2D eigenvalue weighted by Crippen LogP contribution is -2.21. The van der Waals surface area contributed by atoms with Gasteiger partial charge < -0.3 is 9.47 Å². The quantitative estimate of drug-likeness (QED) is 0.756. The van der Waals surface area contributed by atoms with Gasteiger partial charge in [-0.3, -0.25) is 0 Å². The van der Waals surface area contributed by atoms with E-state index in [0.29, 0.717) is 0 Å². The molecule has 3 rings (SSSR count). The summed E-state index contributed by atoms with van der Waals surface area (Å²) in [5.74, 6) is 0.940. The Hall–Kier alpha value is -0.770. The fraction of sp³-hybridized carbons (Fsp3) is 0.562. The summed E-state index contributed by atoms with van der Waals surface area (Å²) in [5, 5.41) is 0.626. The molecule has 1 unspecified atom stereocenters. The van der Waals surface area contributed by atoms with Gasteiger partial charge >= 0.3 is 0 Å². The van der Waals surface area contributed by atoms with Gasteiger partial charge in [0.2, 0.25) is 0 Å². The normalized spacial score (nSPS) is 17.7. The van der Waals surface area contributed by atoms with Gasteiger partial charge in [0.25, 0.3) is 0 Å². The van der Waals surface area contributed by atoms with Crippen molar-refractivity contribution in [2.45, 2.75) is 38.1 Å². The first-order valence-corrected chi connectivity index (χ1v) is 8.48. The van der Waals surface area contributed by atoms with Crippen LogP contribution in [0.15, 0.2) is 18.2 Å². The molecule has 0 N–H and O–H groups in total. The average molecular weight is 326 g/mol. The number of imidazole rings is 1. The summed E-state index contributed by atoms with van der Waals surface area (Å²) in [6.45, 7) is 6.59. The standard InChI is InChI=1S/C16H21Cl2N3/c1-12(17)16-19-14-11-13(18)5-6-15(14)21(16)10-4-9-20-7-2-3-8-20/h5-6,11-12H,2-4,7-10H2,1H3. The van der Waals surface area contributed by atoms with Crippen LogP contribution in [-0.2, 0) is 6.54 Å². The van der Waals surface area contributed by atoms with Crippen molar-refractivity contribution in [2.75, 3.05) is 19.6 Å². The predicted molar refractivity (Wildman–Crippen MR) is 89.3 cm³/mol. The molecule has 1 atom stereocenters. The fourth-order valence-corrected chi connectivity index (χ4v) is 3.45. The number of nitrogens with zero attached hydrogens (tertiary/aromatic N) is 3. The molecule has 2 aromatic rings. The molecule has 0 radical (unpaired) electrons.